The normalized spacial score (nSPS) is 11.8. The second-order valence-corrected chi connectivity index (χ2v) is 7.10. The number of amides is 1. The lowest BCUT2D eigenvalue weighted by Gasteiger charge is -2.08. The summed E-state index contributed by atoms with van der Waals surface area (Å²) in [4.78, 5) is 16.3. The Balaban J connectivity index is 1.70. The van der Waals surface area contributed by atoms with E-state index < -0.39 is 22.5 Å². The van der Waals surface area contributed by atoms with E-state index in [1.54, 1.807) is 24.9 Å². The van der Waals surface area contributed by atoms with Crippen LogP contribution in [0.5, 0.6) is 5.75 Å². The molecular formula is C19H18FN3O3S. The van der Waals surface area contributed by atoms with Gasteiger partial charge in [0.1, 0.15) is 17.3 Å². The van der Waals surface area contributed by atoms with Crippen LogP contribution in [0, 0.1) is 5.82 Å². The maximum atomic E-state index is 12.9. The molecule has 0 fully saturated rings. The van der Waals surface area contributed by atoms with Crippen molar-refractivity contribution < 1.29 is 18.1 Å². The topological polar surface area (TPSA) is 73.2 Å². The number of nitrogens with one attached hydrogen (secondary N) is 1. The number of ether oxygens (including phenoxy) is 1. The number of methoxy groups -OCH3 is 1. The predicted octanol–water partition coefficient (Wildman–Crippen LogP) is 2.98. The van der Waals surface area contributed by atoms with Crippen LogP contribution in [0.2, 0.25) is 0 Å². The summed E-state index contributed by atoms with van der Waals surface area (Å²) < 4.78 is 32.3. The molecule has 1 atom stereocenters. The molecule has 0 spiro atoms. The molecule has 0 saturated carbocycles. The Hall–Kier alpha value is -3.00. The quantitative estimate of drug-likeness (QED) is 0.706. The highest BCUT2D eigenvalue weighted by molar-refractivity contribution is 7.85. The second kappa shape index (κ2) is 8.13. The standard InChI is InChI=1S/C19H18FN3O3S/c1-23-17(13-3-9-16(26-2)10-4-13)11-21-19(23)27(25)12-18(24)22-15-7-5-14(20)6-8-15/h3-11H,12H2,1-2H3,(H,22,24). The molecule has 1 heterocycles. The van der Waals surface area contributed by atoms with Gasteiger partial charge in [0.25, 0.3) is 0 Å². The van der Waals surface area contributed by atoms with Gasteiger partial charge in [-0.15, -0.1) is 0 Å². The van der Waals surface area contributed by atoms with Gasteiger partial charge < -0.3 is 14.6 Å². The lowest BCUT2D eigenvalue weighted by molar-refractivity contribution is -0.113. The maximum Gasteiger partial charge on any atom is 0.237 e. The lowest BCUT2D eigenvalue weighted by Crippen LogP contribution is -2.21. The highest BCUT2D eigenvalue weighted by atomic mass is 32.2. The van der Waals surface area contributed by atoms with Crippen LogP contribution < -0.4 is 10.1 Å². The van der Waals surface area contributed by atoms with E-state index in [-0.39, 0.29) is 5.75 Å². The molecule has 0 aliphatic heterocycles. The third-order valence-corrected chi connectivity index (χ3v) is 5.24. The fourth-order valence-corrected chi connectivity index (χ4v) is 3.56. The molecule has 0 aliphatic carbocycles. The first-order valence-corrected chi connectivity index (χ1v) is 9.40. The number of nitrogens with zero attached hydrogens (tertiary/aromatic N) is 2. The number of aromatic nitrogens is 2. The third-order valence-electron chi connectivity index (χ3n) is 3.93. The Morgan fingerprint density at radius 3 is 2.48 bits per heavy atom. The highest BCUT2D eigenvalue weighted by Gasteiger charge is 2.17. The molecular weight excluding hydrogens is 369 g/mol. The van der Waals surface area contributed by atoms with Gasteiger partial charge in [-0.2, -0.15) is 0 Å². The first-order chi connectivity index (χ1) is 13.0. The largest absolute Gasteiger partial charge is 0.497 e. The second-order valence-electron chi connectivity index (χ2n) is 5.76. The Morgan fingerprint density at radius 1 is 1.19 bits per heavy atom. The molecule has 6 nitrogen and oxygen atoms in total. The number of halogens is 1. The molecule has 1 unspecified atom stereocenters. The van der Waals surface area contributed by atoms with Crippen molar-refractivity contribution in [1.29, 1.82) is 0 Å². The molecule has 140 valence electrons. The van der Waals surface area contributed by atoms with Gasteiger partial charge >= 0.3 is 0 Å². The fraction of sp³-hybridized carbons (Fsp3) is 0.158. The molecule has 2 aromatic carbocycles. The van der Waals surface area contributed by atoms with Crippen molar-refractivity contribution in [2.24, 2.45) is 7.05 Å². The predicted molar refractivity (Wildman–Crippen MR) is 102 cm³/mol. The van der Waals surface area contributed by atoms with Crippen LogP contribution in [0.25, 0.3) is 11.3 Å². The van der Waals surface area contributed by atoms with Crippen molar-refractivity contribution in [3.8, 4) is 17.0 Å². The Morgan fingerprint density at radius 2 is 1.85 bits per heavy atom. The number of benzene rings is 2. The average Bonchev–Trinajstić information content (AvgIpc) is 3.05. The summed E-state index contributed by atoms with van der Waals surface area (Å²) in [6.45, 7) is 0. The Labute approximate surface area is 158 Å². The number of hydrogen-bond acceptors (Lipinski definition) is 4. The molecule has 1 amide bonds. The minimum atomic E-state index is -1.62. The number of hydrogen-bond donors (Lipinski definition) is 1. The van der Waals surface area contributed by atoms with Gasteiger partial charge in [0.05, 0.1) is 29.8 Å². The van der Waals surface area contributed by atoms with E-state index >= 15 is 0 Å². The lowest BCUT2D eigenvalue weighted by atomic mass is 10.1. The van der Waals surface area contributed by atoms with Crippen LogP contribution >= 0.6 is 0 Å². The molecule has 0 saturated heterocycles. The summed E-state index contributed by atoms with van der Waals surface area (Å²) in [5.41, 5.74) is 2.11. The summed E-state index contributed by atoms with van der Waals surface area (Å²) in [5, 5.41) is 2.89. The maximum absolute atomic E-state index is 12.9. The Kier molecular flexibility index (Phi) is 5.66. The zero-order chi connectivity index (χ0) is 19.4. The number of anilines is 1. The van der Waals surface area contributed by atoms with Crippen LogP contribution in [0.1, 0.15) is 0 Å². The van der Waals surface area contributed by atoms with E-state index in [0.29, 0.717) is 10.8 Å². The molecule has 0 radical (unpaired) electrons. The Bertz CT molecular complexity index is 969. The van der Waals surface area contributed by atoms with E-state index in [0.717, 1.165) is 17.0 Å². The minimum absolute atomic E-state index is 0.246. The summed E-state index contributed by atoms with van der Waals surface area (Å²) in [7, 11) is 1.72. The number of rotatable bonds is 6. The summed E-state index contributed by atoms with van der Waals surface area (Å²) in [5.74, 6) is -0.337. The average molecular weight is 387 g/mol. The molecule has 1 N–H and O–H groups in total. The van der Waals surface area contributed by atoms with Gasteiger partial charge in [-0.1, -0.05) is 0 Å². The molecule has 3 rings (SSSR count). The van der Waals surface area contributed by atoms with Crippen molar-refractivity contribution >= 4 is 22.4 Å². The van der Waals surface area contributed by atoms with Crippen LogP contribution in [-0.2, 0) is 22.6 Å². The zero-order valence-corrected chi connectivity index (χ0v) is 15.6. The van der Waals surface area contributed by atoms with Gasteiger partial charge in [-0.25, -0.2) is 9.37 Å². The summed E-state index contributed by atoms with van der Waals surface area (Å²) >= 11 is 0. The number of imidazole rings is 1. The highest BCUT2D eigenvalue weighted by Crippen LogP contribution is 2.23. The minimum Gasteiger partial charge on any atom is -0.497 e. The first kappa shape index (κ1) is 18.8. The molecule has 1 aromatic heterocycles. The number of carbonyl (C=O) groups is 1. The van der Waals surface area contributed by atoms with Crippen molar-refractivity contribution in [3.05, 3.63) is 60.5 Å². The van der Waals surface area contributed by atoms with Crippen LogP contribution in [-0.4, -0.2) is 32.5 Å². The van der Waals surface area contributed by atoms with Gasteiger partial charge in [0.15, 0.2) is 5.16 Å². The van der Waals surface area contributed by atoms with E-state index in [4.69, 9.17) is 4.74 Å². The first-order valence-electron chi connectivity index (χ1n) is 8.08. The van der Waals surface area contributed by atoms with E-state index in [1.807, 2.05) is 24.3 Å². The van der Waals surface area contributed by atoms with Gasteiger partial charge in [0, 0.05) is 18.3 Å². The molecule has 8 heteroatoms. The molecule has 3 aromatic rings. The zero-order valence-electron chi connectivity index (χ0n) is 14.8. The van der Waals surface area contributed by atoms with Crippen molar-refractivity contribution in [3.63, 3.8) is 0 Å². The van der Waals surface area contributed by atoms with Gasteiger partial charge in [0.2, 0.25) is 5.91 Å². The molecule has 0 bridgehead atoms. The smallest absolute Gasteiger partial charge is 0.237 e. The number of carbonyl (C=O) groups excluding carboxylic acids is 1. The van der Waals surface area contributed by atoms with Crippen LogP contribution in [0.15, 0.2) is 59.9 Å². The SMILES string of the molecule is COc1ccc(-c2cnc(S(=O)CC(=O)Nc3ccc(F)cc3)n2C)cc1. The summed E-state index contributed by atoms with van der Waals surface area (Å²) in [6.07, 6.45) is 1.62. The van der Waals surface area contributed by atoms with E-state index in [2.05, 4.69) is 10.3 Å². The monoisotopic (exact) mass is 387 g/mol. The van der Waals surface area contributed by atoms with E-state index in [1.165, 1.54) is 24.3 Å². The van der Waals surface area contributed by atoms with Crippen molar-refractivity contribution in [2.45, 2.75) is 5.16 Å². The van der Waals surface area contributed by atoms with Crippen LogP contribution in [0.4, 0.5) is 10.1 Å². The van der Waals surface area contributed by atoms with Crippen molar-refractivity contribution in [2.75, 3.05) is 18.2 Å². The van der Waals surface area contributed by atoms with Gasteiger partial charge in [-0.3, -0.25) is 9.00 Å². The fourth-order valence-electron chi connectivity index (χ4n) is 2.55. The van der Waals surface area contributed by atoms with Gasteiger partial charge in [-0.05, 0) is 48.5 Å². The molecule has 27 heavy (non-hydrogen) atoms. The van der Waals surface area contributed by atoms with Crippen molar-refractivity contribution in [1.82, 2.24) is 9.55 Å². The van der Waals surface area contributed by atoms with E-state index in [9.17, 15) is 13.4 Å². The van der Waals surface area contributed by atoms with Crippen LogP contribution in [0.3, 0.4) is 0 Å². The summed E-state index contributed by atoms with van der Waals surface area (Å²) in [6, 6.07) is 12.8. The molecule has 0 aliphatic rings. The third kappa shape index (κ3) is 4.40.